The van der Waals surface area contributed by atoms with E-state index in [0.29, 0.717) is 0 Å². The van der Waals surface area contributed by atoms with Gasteiger partial charge in [-0.1, -0.05) is 24.6 Å². The van der Waals surface area contributed by atoms with Crippen molar-refractivity contribution in [2.75, 3.05) is 45.2 Å². The number of nitrogens with zero attached hydrogens (tertiary/aromatic N) is 2. The number of benzene rings is 1. The number of para-hydroxylation sites is 1. The number of rotatable bonds is 8. The predicted molar refractivity (Wildman–Crippen MR) is 92.1 cm³/mol. The number of nitrogens with one attached hydrogen (secondary N) is 1. The van der Waals surface area contributed by atoms with Crippen molar-refractivity contribution in [3.05, 3.63) is 30.3 Å². The summed E-state index contributed by atoms with van der Waals surface area (Å²) in [5, 5.41) is 3.61. The summed E-state index contributed by atoms with van der Waals surface area (Å²) >= 11 is 0. The zero-order valence-electron chi connectivity index (χ0n) is 13.7. The summed E-state index contributed by atoms with van der Waals surface area (Å²) in [7, 11) is 4.45. The van der Waals surface area contributed by atoms with Gasteiger partial charge in [0.05, 0.1) is 0 Å². The molecule has 21 heavy (non-hydrogen) atoms. The lowest BCUT2D eigenvalue weighted by Crippen LogP contribution is -2.38. The molecular formula is C18H31N3. The fourth-order valence-electron chi connectivity index (χ4n) is 3.16. The second kappa shape index (κ2) is 9.06. The molecular weight excluding hydrogens is 258 g/mol. The van der Waals surface area contributed by atoms with Gasteiger partial charge in [-0.15, -0.1) is 0 Å². The van der Waals surface area contributed by atoms with Gasteiger partial charge in [-0.2, -0.15) is 0 Å². The van der Waals surface area contributed by atoms with E-state index < -0.39 is 0 Å². The Labute approximate surface area is 130 Å². The Morgan fingerprint density at radius 1 is 1.19 bits per heavy atom. The van der Waals surface area contributed by atoms with Crippen LogP contribution in [0.4, 0.5) is 5.69 Å². The van der Waals surface area contributed by atoms with Crippen LogP contribution in [-0.2, 0) is 0 Å². The van der Waals surface area contributed by atoms with Gasteiger partial charge >= 0.3 is 0 Å². The van der Waals surface area contributed by atoms with E-state index in [0.717, 1.165) is 25.7 Å². The quantitative estimate of drug-likeness (QED) is 0.742. The molecule has 1 unspecified atom stereocenters. The van der Waals surface area contributed by atoms with Gasteiger partial charge < -0.3 is 15.1 Å². The van der Waals surface area contributed by atoms with Crippen molar-refractivity contribution >= 4 is 5.69 Å². The molecule has 0 saturated carbocycles. The first-order valence-electron chi connectivity index (χ1n) is 8.44. The highest BCUT2D eigenvalue weighted by Crippen LogP contribution is 2.17. The first-order chi connectivity index (χ1) is 10.3. The summed E-state index contributed by atoms with van der Waals surface area (Å²) in [5.74, 6) is 0. The molecule has 1 aliphatic rings. The van der Waals surface area contributed by atoms with Gasteiger partial charge in [0.25, 0.3) is 0 Å². The van der Waals surface area contributed by atoms with E-state index in [2.05, 4.69) is 59.5 Å². The SMILES string of the molecule is CN(CCCNCCC1CCCCN1C)c1ccccc1. The summed E-state index contributed by atoms with van der Waals surface area (Å²) in [4.78, 5) is 4.87. The molecule has 0 amide bonds. The van der Waals surface area contributed by atoms with Gasteiger partial charge in [0, 0.05) is 25.3 Å². The van der Waals surface area contributed by atoms with E-state index >= 15 is 0 Å². The van der Waals surface area contributed by atoms with Gasteiger partial charge in [-0.3, -0.25) is 0 Å². The summed E-state index contributed by atoms with van der Waals surface area (Å²) in [6.45, 7) is 4.67. The monoisotopic (exact) mass is 289 g/mol. The molecule has 1 N–H and O–H groups in total. The summed E-state index contributed by atoms with van der Waals surface area (Å²) in [6.07, 6.45) is 6.68. The maximum Gasteiger partial charge on any atom is 0.0363 e. The highest BCUT2D eigenvalue weighted by Gasteiger charge is 2.17. The number of hydrogen-bond donors (Lipinski definition) is 1. The minimum Gasteiger partial charge on any atom is -0.375 e. The van der Waals surface area contributed by atoms with Crippen molar-refractivity contribution in [2.24, 2.45) is 0 Å². The van der Waals surface area contributed by atoms with Crippen LogP contribution < -0.4 is 10.2 Å². The molecule has 0 radical (unpaired) electrons. The van der Waals surface area contributed by atoms with Gasteiger partial charge in [0.2, 0.25) is 0 Å². The fraction of sp³-hybridized carbons (Fsp3) is 0.667. The lowest BCUT2D eigenvalue weighted by molar-refractivity contribution is 0.175. The van der Waals surface area contributed by atoms with Crippen molar-refractivity contribution in [1.82, 2.24) is 10.2 Å². The second-order valence-corrected chi connectivity index (χ2v) is 6.28. The standard InChI is InChI=1S/C18H31N3/c1-20-15-7-6-11-18(20)12-14-19-13-8-16-21(2)17-9-4-3-5-10-17/h3-5,9-10,18-19H,6-8,11-16H2,1-2H3. The Hall–Kier alpha value is -1.06. The molecule has 1 aromatic carbocycles. The smallest absolute Gasteiger partial charge is 0.0363 e. The number of hydrogen-bond acceptors (Lipinski definition) is 3. The largest absolute Gasteiger partial charge is 0.375 e. The van der Waals surface area contributed by atoms with E-state index in [1.54, 1.807) is 0 Å². The molecule has 3 heteroatoms. The number of likely N-dealkylation sites (tertiary alicyclic amines) is 1. The average Bonchev–Trinajstić information content (AvgIpc) is 2.53. The molecule has 2 rings (SSSR count). The second-order valence-electron chi connectivity index (χ2n) is 6.28. The third-order valence-corrected chi connectivity index (χ3v) is 4.62. The first kappa shape index (κ1) is 16.3. The van der Waals surface area contributed by atoms with Crippen LogP contribution in [-0.4, -0.2) is 51.2 Å². The maximum atomic E-state index is 3.61. The van der Waals surface area contributed by atoms with Gasteiger partial charge in [-0.25, -0.2) is 0 Å². The van der Waals surface area contributed by atoms with Crippen LogP contribution in [0.2, 0.25) is 0 Å². The van der Waals surface area contributed by atoms with Crippen LogP contribution in [0.5, 0.6) is 0 Å². The van der Waals surface area contributed by atoms with Gasteiger partial charge in [-0.05, 0) is 64.5 Å². The highest BCUT2D eigenvalue weighted by molar-refractivity contribution is 5.44. The van der Waals surface area contributed by atoms with Crippen molar-refractivity contribution in [3.63, 3.8) is 0 Å². The molecule has 0 spiro atoms. The lowest BCUT2D eigenvalue weighted by atomic mass is 10.0. The Morgan fingerprint density at radius 2 is 2.00 bits per heavy atom. The van der Waals surface area contributed by atoms with Gasteiger partial charge in [0.1, 0.15) is 0 Å². The zero-order valence-corrected chi connectivity index (χ0v) is 13.7. The van der Waals surface area contributed by atoms with Crippen molar-refractivity contribution in [3.8, 4) is 0 Å². The Balaban J connectivity index is 1.52. The third-order valence-electron chi connectivity index (χ3n) is 4.62. The normalized spacial score (nSPS) is 19.6. The van der Waals surface area contributed by atoms with E-state index in [1.807, 2.05) is 0 Å². The van der Waals surface area contributed by atoms with Gasteiger partial charge in [0.15, 0.2) is 0 Å². The zero-order chi connectivity index (χ0) is 14.9. The minimum atomic E-state index is 0.804. The minimum absolute atomic E-state index is 0.804. The van der Waals surface area contributed by atoms with E-state index in [4.69, 9.17) is 0 Å². The summed E-state index contributed by atoms with van der Waals surface area (Å²) < 4.78 is 0. The highest BCUT2D eigenvalue weighted by atomic mass is 15.1. The van der Waals surface area contributed by atoms with Crippen LogP contribution >= 0.6 is 0 Å². The molecule has 1 aliphatic heterocycles. The molecule has 3 nitrogen and oxygen atoms in total. The third kappa shape index (κ3) is 5.68. The molecule has 1 saturated heterocycles. The summed E-state index contributed by atoms with van der Waals surface area (Å²) in [5.41, 5.74) is 1.31. The van der Waals surface area contributed by atoms with Crippen LogP contribution in [0.3, 0.4) is 0 Å². The van der Waals surface area contributed by atoms with Crippen molar-refractivity contribution in [2.45, 2.75) is 38.1 Å². The molecule has 0 bridgehead atoms. The topological polar surface area (TPSA) is 18.5 Å². The molecule has 0 aliphatic carbocycles. The Bertz CT molecular complexity index is 379. The molecule has 1 fully saturated rings. The fourth-order valence-corrected chi connectivity index (χ4v) is 3.16. The van der Waals surface area contributed by atoms with E-state index in [-0.39, 0.29) is 0 Å². The number of anilines is 1. The Morgan fingerprint density at radius 3 is 2.76 bits per heavy atom. The molecule has 1 atom stereocenters. The van der Waals surface area contributed by atoms with Crippen LogP contribution in [0.1, 0.15) is 32.1 Å². The van der Waals surface area contributed by atoms with Crippen molar-refractivity contribution in [1.29, 1.82) is 0 Å². The van der Waals surface area contributed by atoms with Crippen LogP contribution in [0.25, 0.3) is 0 Å². The van der Waals surface area contributed by atoms with Crippen molar-refractivity contribution < 1.29 is 0 Å². The predicted octanol–water partition coefficient (Wildman–Crippen LogP) is 2.98. The lowest BCUT2D eigenvalue weighted by Gasteiger charge is -2.32. The summed E-state index contributed by atoms with van der Waals surface area (Å²) in [6, 6.07) is 11.4. The average molecular weight is 289 g/mol. The molecule has 1 heterocycles. The van der Waals surface area contributed by atoms with Crippen LogP contribution in [0.15, 0.2) is 30.3 Å². The molecule has 118 valence electrons. The maximum absolute atomic E-state index is 3.61. The molecule has 1 aromatic rings. The first-order valence-corrected chi connectivity index (χ1v) is 8.44. The van der Waals surface area contributed by atoms with Crippen LogP contribution in [0, 0.1) is 0 Å². The Kier molecular flexibility index (Phi) is 7.04. The van der Waals surface area contributed by atoms with E-state index in [1.165, 1.54) is 44.3 Å². The number of piperidine rings is 1. The molecule has 0 aromatic heterocycles. The van der Waals surface area contributed by atoms with E-state index in [9.17, 15) is 0 Å².